The molecule has 0 radical (unpaired) electrons. The van der Waals surface area contributed by atoms with E-state index in [2.05, 4.69) is 29.3 Å². The first-order valence-corrected chi connectivity index (χ1v) is 8.49. The first-order valence-electron chi connectivity index (χ1n) is 8.09. The van der Waals surface area contributed by atoms with Crippen molar-refractivity contribution in [2.75, 3.05) is 7.11 Å². The van der Waals surface area contributed by atoms with Gasteiger partial charge >= 0.3 is 0 Å². The van der Waals surface area contributed by atoms with Gasteiger partial charge in [0.05, 0.1) is 19.7 Å². The molecule has 2 aliphatic rings. The van der Waals surface area contributed by atoms with E-state index in [1.54, 1.807) is 7.11 Å². The minimum absolute atomic E-state index is 0.196. The van der Waals surface area contributed by atoms with Gasteiger partial charge in [0.1, 0.15) is 11.5 Å². The summed E-state index contributed by atoms with van der Waals surface area (Å²) in [6.45, 7) is 2.75. The van der Waals surface area contributed by atoms with Crippen molar-refractivity contribution in [1.29, 1.82) is 0 Å². The number of nitrogens with one attached hydrogen (secondary N) is 1. The van der Waals surface area contributed by atoms with Crippen LogP contribution < -0.4 is 14.8 Å². The van der Waals surface area contributed by atoms with Gasteiger partial charge in [-0.05, 0) is 31.3 Å². The molecule has 2 bridgehead atoms. The summed E-state index contributed by atoms with van der Waals surface area (Å²) in [6.07, 6.45) is 0.847. The number of para-hydroxylation sites is 2. The average molecular weight is 340 g/mol. The maximum atomic E-state index is 6.38. The Morgan fingerprint density at radius 1 is 1.25 bits per heavy atom. The molecule has 2 heterocycles. The number of nitrogens with zero attached hydrogens (tertiary/aromatic N) is 1. The molecule has 4 rings (SSSR count). The maximum absolute atomic E-state index is 6.38. The van der Waals surface area contributed by atoms with Gasteiger partial charge in [-0.3, -0.25) is 0 Å². The zero-order valence-electron chi connectivity index (χ0n) is 13.8. The van der Waals surface area contributed by atoms with Crippen molar-refractivity contribution in [2.45, 2.75) is 31.7 Å². The second kappa shape index (κ2) is 5.67. The Hall–Kier alpha value is -2.27. The quantitative estimate of drug-likeness (QED) is 0.863. The molecule has 2 atom stereocenters. The fraction of sp³-hybridized carbons (Fsp3) is 0.316. The van der Waals surface area contributed by atoms with Gasteiger partial charge in [0.25, 0.3) is 0 Å². The van der Waals surface area contributed by atoms with Gasteiger partial charge in [-0.1, -0.05) is 36.4 Å². The van der Waals surface area contributed by atoms with Crippen LogP contribution in [0.5, 0.6) is 11.5 Å². The number of benzene rings is 2. The summed E-state index contributed by atoms with van der Waals surface area (Å²) in [7, 11) is 1.69. The van der Waals surface area contributed by atoms with Crippen molar-refractivity contribution in [3.8, 4) is 11.5 Å². The number of rotatable bonds is 3. The number of hydrogen-bond acceptors (Lipinski definition) is 3. The maximum Gasteiger partial charge on any atom is 0.184 e. The molecule has 0 unspecified atom stereocenters. The summed E-state index contributed by atoms with van der Waals surface area (Å²) >= 11 is 5.66. The smallest absolute Gasteiger partial charge is 0.184 e. The van der Waals surface area contributed by atoms with Crippen LogP contribution in [0.15, 0.2) is 48.5 Å². The molecule has 0 spiro atoms. The Kier molecular flexibility index (Phi) is 3.61. The van der Waals surface area contributed by atoms with E-state index in [1.165, 1.54) is 5.56 Å². The van der Waals surface area contributed by atoms with E-state index >= 15 is 0 Å². The highest BCUT2D eigenvalue weighted by Gasteiger charge is 2.47. The third-order valence-corrected chi connectivity index (χ3v) is 5.18. The van der Waals surface area contributed by atoms with E-state index in [1.807, 2.05) is 36.4 Å². The highest BCUT2D eigenvalue weighted by molar-refractivity contribution is 7.80. The Morgan fingerprint density at radius 2 is 2.00 bits per heavy atom. The molecule has 2 aliphatic heterocycles. The molecule has 0 aliphatic carbocycles. The molecule has 1 N–H and O–H groups in total. The Labute approximate surface area is 147 Å². The highest BCUT2D eigenvalue weighted by atomic mass is 32.1. The largest absolute Gasteiger partial charge is 0.496 e. The Morgan fingerprint density at radius 3 is 2.83 bits per heavy atom. The fourth-order valence-electron chi connectivity index (χ4n) is 3.61. The SMILES string of the molecule is COc1ccccc1CN1C(=S)N[C@H]2C[C@@]1(C)Oc1ccccc12. The van der Waals surface area contributed by atoms with Crippen LogP contribution in [-0.2, 0) is 6.54 Å². The molecule has 2 aromatic carbocycles. The summed E-state index contributed by atoms with van der Waals surface area (Å²) in [5.41, 5.74) is 1.79. The van der Waals surface area contributed by atoms with Gasteiger partial charge in [0.15, 0.2) is 10.8 Å². The van der Waals surface area contributed by atoms with Crippen LogP contribution in [0.3, 0.4) is 0 Å². The van der Waals surface area contributed by atoms with Gasteiger partial charge in [0, 0.05) is 17.5 Å². The van der Waals surface area contributed by atoms with Crippen molar-refractivity contribution >= 4 is 17.3 Å². The van der Waals surface area contributed by atoms with E-state index in [0.29, 0.717) is 11.7 Å². The van der Waals surface area contributed by atoms with Crippen LogP contribution in [0.2, 0.25) is 0 Å². The van der Waals surface area contributed by atoms with Crippen LogP contribution in [0.4, 0.5) is 0 Å². The highest BCUT2D eigenvalue weighted by Crippen LogP contribution is 2.44. The molecule has 1 fully saturated rings. The second-order valence-corrected chi connectivity index (χ2v) is 6.81. The number of methoxy groups -OCH3 is 1. The number of fused-ring (bicyclic) bond motifs is 4. The lowest BCUT2D eigenvalue weighted by Crippen LogP contribution is -2.64. The van der Waals surface area contributed by atoms with Crippen LogP contribution in [-0.4, -0.2) is 22.8 Å². The zero-order chi connectivity index (χ0) is 16.7. The van der Waals surface area contributed by atoms with Gasteiger partial charge in [-0.15, -0.1) is 0 Å². The monoisotopic (exact) mass is 340 g/mol. The Bertz CT molecular complexity index is 794. The lowest BCUT2D eigenvalue weighted by molar-refractivity contribution is -0.0723. The molecule has 0 amide bonds. The molecule has 0 saturated carbocycles. The van der Waals surface area contributed by atoms with Crippen molar-refractivity contribution in [2.24, 2.45) is 0 Å². The molecule has 1 saturated heterocycles. The van der Waals surface area contributed by atoms with Crippen molar-refractivity contribution in [3.63, 3.8) is 0 Å². The van der Waals surface area contributed by atoms with Crippen LogP contribution in [0, 0.1) is 0 Å². The van der Waals surface area contributed by atoms with E-state index < -0.39 is 5.72 Å². The predicted octanol–water partition coefficient (Wildman–Crippen LogP) is 3.63. The summed E-state index contributed by atoms with van der Waals surface area (Å²) in [5.74, 6) is 1.79. The van der Waals surface area contributed by atoms with Crippen molar-refractivity contribution in [3.05, 3.63) is 59.7 Å². The van der Waals surface area contributed by atoms with Gasteiger partial charge in [0.2, 0.25) is 0 Å². The molecule has 124 valence electrons. The van der Waals surface area contributed by atoms with Crippen LogP contribution in [0.25, 0.3) is 0 Å². The van der Waals surface area contributed by atoms with E-state index in [-0.39, 0.29) is 6.04 Å². The van der Waals surface area contributed by atoms with Crippen LogP contribution >= 0.6 is 12.2 Å². The molecule has 0 aromatic heterocycles. The molecular weight excluding hydrogens is 320 g/mol. The molecular formula is C19H20N2O2S. The minimum atomic E-state index is -0.470. The van der Waals surface area contributed by atoms with E-state index in [9.17, 15) is 0 Å². The summed E-state index contributed by atoms with van der Waals surface area (Å²) in [4.78, 5) is 2.12. The minimum Gasteiger partial charge on any atom is -0.496 e. The lowest BCUT2D eigenvalue weighted by atomic mass is 9.90. The summed E-state index contributed by atoms with van der Waals surface area (Å²) in [6, 6.07) is 16.4. The van der Waals surface area contributed by atoms with Crippen molar-refractivity contribution < 1.29 is 9.47 Å². The third-order valence-electron chi connectivity index (χ3n) is 4.84. The normalized spacial score (nSPS) is 24.7. The number of ether oxygens (including phenoxy) is 2. The molecule has 2 aromatic rings. The predicted molar refractivity (Wildman–Crippen MR) is 97.1 cm³/mol. The number of thiocarbonyl (C=S) groups is 1. The zero-order valence-corrected chi connectivity index (χ0v) is 14.6. The van der Waals surface area contributed by atoms with Gasteiger partial charge in [-0.25, -0.2) is 0 Å². The first kappa shape index (κ1) is 15.3. The summed E-state index contributed by atoms with van der Waals surface area (Å²) < 4.78 is 11.9. The topological polar surface area (TPSA) is 33.7 Å². The Balaban J connectivity index is 1.69. The molecule has 5 heteroatoms. The van der Waals surface area contributed by atoms with Crippen molar-refractivity contribution in [1.82, 2.24) is 10.2 Å². The number of hydrogen-bond donors (Lipinski definition) is 1. The van der Waals surface area contributed by atoms with Gasteiger partial charge in [-0.2, -0.15) is 0 Å². The fourth-order valence-corrected chi connectivity index (χ4v) is 4.01. The average Bonchev–Trinajstić information content (AvgIpc) is 2.58. The lowest BCUT2D eigenvalue weighted by Gasteiger charge is -2.52. The standard InChI is InChI=1S/C19H20N2O2S/c1-19-11-15(14-8-4-6-10-17(14)23-19)20-18(24)21(19)12-13-7-3-5-9-16(13)22-2/h3-10,15H,11-12H2,1-2H3,(H,20,24)/t15-,19+/m0/s1. The van der Waals surface area contributed by atoms with Crippen LogP contribution in [0.1, 0.15) is 30.5 Å². The first-order chi connectivity index (χ1) is 11.6. The second-order valence-electron chi connectivity index (χ2n) is 6.42. The molecule has 4 nitrogen and oxygen atoms in total. The molecule has 24 heavy (non-hydrogen) atoms. The van der Waals surface area contributed by atoms with E-state index in [0.717, 1.165) is 23.5 Å². The van der Waals surface area contributed by atoms with Gasteiger partial charge < -0.3 is 19.7 Å². The summed E-state index contributed by atoms with van der Waals surface area (Å²) in [5, 5.41) is 4.19. The third kappa shape index (κ3) is 2.40. The van der Waals surface area contributed by atoms with E-state index in [4.69, 9.17) is 21.7 Å².